The highest BCUT2D eigenvalue weighted by molar-refractivity contribution is 5.87. The molecule has 0 aromatic heterocycles. The average Bonchev–Trinajstić information content (AvgIpc) is 3.13. The summed E-state index contributed by atoms with van der Waals surface area (Å²) in [6, 6.07) is 19.0. The van der Waals surface area contributed by atoms with Gasteiger partial charge in [-0.15, -0.1) is 0 Å². The largest absolute Gasteiger partial charge is 0.497 e. The van der Waals surface area contributed by atoms with Crippen molar-refractivity contribution in [2.75, 3.05) is 26.7 Å². The molecule has 1 aliphatic heterocycles. The summed E-state index contributed by atoms with van der Waals surface area (Å²) in [7, 11) is 1.69. The average molecular weight is 436 g/mol. The van der Waals surface area contributed by atoms with Gasteiger partial charge >= 0.3 is 0 Å². The lowest BCUT2D eigenvalue weighted by Crippen LogP contribution is -2.61. The summed E-state index contributed by atoms with van der Waals surface area (Å²) in [5, 5.41) is 7.09. The van der Waals surface area contributed by atoms with E-state index >= 15 is 0 Å². The molecule has 1 heterocycles. The number of amides is 1. The molecule has 5 heteroatoms. The lowest BCUT2D eigenvalue weighted by molar-refractivity contribution is -0.135. The smallest absolute Gasteiger partial charge is 0.245 e. The fourth-order valence-electron chi connectivity index (χ4n) is 5.19. The Kier molecular flexibility index (Phi) is 7.48. The molecule has 0 radical (unpaired) electrons. The lowest BCUT2D eigenvalue weighted by Gasteiger charge is -2.45. The summed E-state index contributed by atoms with van der Waals surface area (Å²) >= 11 is 0. The van der Waals surface area contributed by atoms with Gasteiger partial charge in [0.2, 0.25) is 5.91 Å². The van der Waals surface area contributed by atoms with Crippen LogP contribution in [-0.2, 0) is 10.3 Å². The maximum Gasteiger partial charge on any atom is 0.245 e. The van der Waals surface area contributed by atoms with Crippen LogP contribution in [0.1, 0.15) is 62.6 Å². The Morgan fingerprint density at radius 2 is 1.72 bits per heavy atom. The van der Waals surface area contributed by atoms with Crippen LogP contribution in [-0.4, -0.2) is 43.6 Å². The number of ether oxygens (including phenoxy) is 1. The van der Waals surface area contributed by atoms with Crippen LogP contribution in [0.2, 0.25) is 0 Å². The summed E-state index contributed by atoms with van der Waals surface area (Å²) in [4.78, 5) is 16.2. The highest BCUT2D eigenvalue weighted by Crippen LogP contribution is 2.33. The minimum Gasteiger partial charge on any atom is -0.497 e. The molecule has 2 aromatic carbocycles. The Labute approximate surface area is 192 Å². The van der Waals surface area contributed by atoms with E-state index in [1.807, 2.05) is 30.3 Å². The molecule has 172 valence electrons. The van der Waals surface area contributed by atoms with Crippen LogP contribution in [0.15, 0.2) is 54.6 Å². The topological polar surface area (TPSA) is 53.6 Å². The first kappa shape index (κ1) is 22.8. The minimum atomic E-state index is -0.708. The van der Waals surface area contributed by atoms with Crippen LogP contribution in [0.25, 0.3) is 0 Å². The van der Waals surface area contributed by atoms with E-state index in [-0.39, 0.29) is 18.0 Å². The van der Waals surface area contributed by atoms with Crippen molar-refractivity contribution < 1.29 is 9.53 Å². The van der Waals surface area contributed by atoms with Crippen molar-refractivity contribution in [3.05, 3.63) is 65.7 Å². The minimum absolute atomic E-state index is 0.131. The number of nitrogens with one attached hydrogen (secondary N) is 2. The van der Waals surface area contributed by atoms with Crippen LogP contribution in [0, 0.1) is 0 Å². The van der Waals surface area contributed by atoms with E-state index in [2.05, 4.69) is 46.7 Å². The monoisotopic (exact) mass is 435 g/mol. The molecule has 2 fully saturated rings. The number of hydrogen-bond acceptors (Lipinski definition) is 4. The number of benzene rings is 2. The third-order valence-electron chi connectivity index (χ3n) is 7.29. The first-order valence-corrected chi connectivity index (χ1v) is 12.1. The number of hydrogen-bond donors (Lipinski definition) is 2. The van der Waals surface area contributed by atoms with Gasteiger partial charge in [-0.1, -0.05) is 68.1 Å². The maximum absolute atomic E-state index is 13.9. The summed E-state index contributed by atoms with van der Waals surface area (Å²) in [6.07, 6.45) is 7.16. The maximum atomic E-state index is 13.9. The van der Waals surface area contributed by atoms with Crippen molar-refractivity contribution in [2.45, 2.75) is 63.1 Å². The van der Waals surface area contributed by atoms with Gasteiger partial charge < -0.3 is 15.4 Å². The molecular weight excluding hydrogens is 398 g/mol. The van der Waals surface area contributed by atoms with E-state index in [1.54, 1.807) is 7.11 Å². The van der Waals surface area contributed by atoms with E-state index in [9.17, 15) is 4.79 Å². The van der Waals surface area contributed by atoms with Gasteiger partial charge in [-0.25, -0.2) is 0 Å². The lowest BCUT2D eigenvalue weighted by atomic mass is 9.86. The third-order valence-corrected chi connectivity index (χ3v) is 7.29. The molecule has 1 saturated carbocycles. The zero-order valence-corrected chi connectivity index (χ0v) is 19.5. The van der Waals surface area contributed by atoms with Crippen molar-refractivity contribution in [3.63, 3.8) is 0 Å². The van der Waals surface area contributed by atoms with Crippen molar-refractivity contribution >= 4 is 5.91 Å². The highest BCUT2D eigenvalue weighted by Gasteiger charge is 2.43. The van der Waals surface area contributed by atoms with Gasteiger partial charge in [-0.2, -0.15) is 0 Å². The Bertz CT molecular complexity index is 862. The van der Waals surface area contributed by atoms with Gasteiger partial charge in [0.15, 0.2) is 0 Å². The summed E-state index contributed by atoms with van der Waals surface area (Å²) in [6.45, 7) is 4.55. The van der Waals surface area contributed by atoms with E-state index in [4.69, 9.17) is 4.74 Å². The van der Waals surface area contributed by atoms with Crippen molar-refractivity contribution in [2.24, 2.45) is 0 Å². The zero-order valence-electron chi connectivity index (χ0n) is 19.5. The Balaban J connectivity index is 1.58. The van der Waals surface area contributed by atoms with Crippen LogP contribution in [0.3, 0.4) is 0 Å². The summed E-state index contributed by atoms with van der Waals surface area (Å²) in [5.74, 6) is 0.990. The molecule has 1 amide bonds. The number of rotatable bonds is 6. The quantitative estimate of drug-likeness (QED) is 0.661. The van der Waals surface area contributed by atoms with E-state index in [0.29, 0.717) is 0 Å². The summed E-state index contributed by atoms with van der Waals surface area (Å²) in [5.41, 5.74) is 1.57. The van der Waals surface area contributed by atoms with Crippen molar-refractivity contribution in [1.29, 1.82) is 0 Å². The molecule has 0 bridgehead atoms. The fourth-order valence-corrected chi connectivity index (χ4v) is 5.19. The number of carbonyl (C=O) groups excluding carboxylic acids is 1. The predicted octanol–water partition coefficient (Wildman–Crippen LogP) is 4.40. The molecule has 1 aliphatic carbocycles. The van der Waals surface area contributed by atoms with E-state index in [0.717, 1.165) is 43.8 Å². The van der Waals surface area contributed by atoms with Gasteiger partial charge in [-0.3, -0.25) is 9.69 Å². The van der Waals surface area contributed by atoms with Gasteiger partial charge in [0.25, 0.3) is 0 Å². The van der Waals surface area contributed by atoms with Gasteiger partial charge in [0, 0.05) is 31.7 Å². The standard InChI is InChI=1S/C27H37N3O2/c1-27(22-10-6-5-7-11-22,26(31)29-23-12-8-3-4-9-13-23)30-19-18-28-25(20-30)21-14-16-24(32-2)17-15-21/h5-7,10-11,14-17,23,25,28H,3-4,8-9,12-13,18-20H2,1-2H3,(H,29,31). The molecule has 5 nitrogen and oxygen atoms in total. The van der Waals surface area contributed by atoms with Gasteiger partial charge in [0.1, 0.15) is 11.3 Å². The van der Waals surface area contributed by atoms with Gasteiger partial charge in [0.05, 0.1) is 7.11 Å². The van der Waals surface area contributed by atoms with Crippen LogP contribution < -0.4 is 15.4 Å². The second-order valence-corrected chi connectivity index (χ2v) is 9.33. The van der Waals surface area contributed by atoms with Crippen LogP contribution in [0.4, 0.5) is 0 Å². The second kappa shape index (κ2) is 10.5. The number of nitrogens with zero attached hydrogens (tertiary/aromatic N) is 1. The zero-order chi connectivity index (χ0) is 22.4. The molecule has 0 spiro atoms. The van der Waals surface area contributed by atoms with Crippen LogP contribution in [0.5, 0.6) is 5.75 Å². The van der Waals surface area contributed by atoms with Crippen molar-refractivity contribution in [3.8, 4) is 5.75 Å². The fraction of sp³-hybridized carbons (Fsp3) is 0.519. The number of piperazine rings is 1. The molecule has 2 atom stereocenters. The molecule has 2 N–H and O–H groups in total. The van der Waals surface area contributed by atoms with Crippen LogP contribution >= 0.6 is 0 Å². The third kappa shape index (κ3) is 5.00. The molecule has 4 rings (SSSR count). The SMILES string of the molecule is COc1ccc(C2CN(C(C)(C(=O)NC3CCCCCC3)c3ccccc3)CCN2)cc1. The molecule has 1 saturated heterocycles. The number of carbonyl (C=O) groups is 1. The Morgan fingerprint density at radius 1 is 1.03 bits per heavy atom. The van der Waals surface area contributed by atoms with Crippen molar-refractivity contribution in [1.82, 2.24) is 15.5 Å². The molecule has 2 aliphatic rings. The normalized spacial score (nSPS) is 22.5. The van der Waals surface area contributed by atoms with E-state index < -0.39 is 5.54 Å². The Hall–Kier alpha value is -2.37. The summed E-state index contributed by atoms with van der Waals surface area (Å²) < 4.78 is 5.32. The van der Waals surface area contributed by atoms with Gasteiger partial charge in [-0.05, 0) is 43.0 Å². The second-order valence-electron chi connectivity index (χ2n) is 9.33. The van der Waals surface area contributed by atoms with E-state index in [1.165, 1.54) is 31.2 Å². The molecule has 32 heavy (non-hydrogen) atoms. The predicted molar refractivity (Wildman–Crippen MR) is 129 cm³/mol. The first-order valence-electron chi connectivity index (χ1n) is 12.1. The molecule has 2 aromatic rings. The number of methoxy groups -OCH3 is 1. The highest BCUT2D eigenvalue weighted by atomic mass is 16.5. The Morgan fingerprint density at radius 3 is 2.38 bits per heavy atom. The molecular formula is C27H37N3O2. The molecule has 2 unspecified atom stereocenters. The first-order chi connectivity index (χ1) is 15.6.